The van der Waals surface area contributed by atoms with Crippen LogP contribution in [0.25, 0.3) is 0 Å². The van der Waals surface area contributed by atoms with Crippen LogP contribution < -0.4 is 10.6 Å². The molecular formula is C15H19FN4O. The van der Waals surface area contributed by atoms with Gasteiger partial charge < -0.3 is 15.4 Å². The van der Waals surface area contributed by atoms with Crippen LogP contribution in [-0.2, 0) is 4.74 Å². The summed E-state index contributed by atoms with van der Waals surface area (Å²) in [4.78, 5) is 8.61. The molecule has 0 saturated heterocycles. The minimum Gasteiger partial charge on any atom is -0.385 e. The SMILES string of the molecule is COCCCNc1cc(Nc2cccc(F)c2)nc(C)n1. The fourth-order valence-electron chi connectivity index (χ4n) is 1.87. The third-order valence-electron chi connectivity index (χ3n) is 2.77. The Balaban J connectivity index is 2.04. The lowest BCUT2D eigenvalue weighted by atomic mass is 10.3. The average molecular weight is 290 g/mol. The van der Waals surface area contributed by atoms with Crippen molar-refractivity contribution in [1.82, 2.24) is 9.97 Å². The molecule has 2 rings (SSSR count). The highest BCUT2D eigenvalue weighted by Crippen LogP contribution is 2.18. The first-order chi connectivity index (χ1) is 10.2. The largest absolute Gasteiger partial charge is 0.385 e. The highest BCUT2D eigenvalue weighted by molar-refractivity contribution is 5.59. The molecule has 0 aliphatic heterocycles. The Bertz CT molecular complexity index is 592. The van der Waals surface area contributed by atoms with Gasteiger partial charge in [0.2, 0.25) is 0 Å². The number of rotatable bonds is 7. The molecule has 0 bridgehead atoms. The maximum atomic E-state index is 13.2. The fourth-order valence-corrected chi connectivity index (χ4v) is 1.87. The molecule has 112 valence electrons. The number of hydrogen-bond acceptors (Lipinski definition) is 5. The summed E-state index contributed by atoms with van der Waals surface area (Å²) in [5.74, 6) is 1.72. The number of nitrogens with zero attached hydrogens (tertiary/aromatic N) is 2. The van der Waals surface area contributed by atoms with Crippen molar-refractivity contribution in [2.45, 2.75) is 13.3 Å². The summed E-state index contributed by atoms with van der Waals surface area (Å²) >= 11 is 0. The summed E-state index contributed by atoms with van der Waals surface area (Å²) in [5, 5.41) is 6.28. The van der Waals surface area contributed by atoms with Crippen molar-refractivity contribution in [2.24, 2.45) is 0 Å². The molecule has 0 amide bonds. The Hall–Kier alpha value is -2.21. The van der Waals surface area contributed by atoms with Crippen molar-refractivity contribution in [2.75, 3.05) is 30.9 Å². The van der Waals surface area contributed by atoms with Gasteiger partial charge in [0.1, 0.15) is 23.3 Å². The van der Waals surface area contributed by atoms with Crippen LogP contribution in [-0.4, -0.2) is 30.2 Å². The Kier molecular flexibility index (Phi) is 5.45. The van der Waals surface area contributed by atoms with E-state index in [4.69, 9.17) is 4.74 Å². The first-order valence-corrected chi connectivity index (χ1v) is 6.78. The van der Waals surface area contributed by atoms with Crippen LogP contribution >= 0.6 is 0 Å². The molecule has 0 unspecified atom stereocenters. The first kappa shape index (κ1) is 15.2. The van der Waals surface area contributed by atoms with Crippen molar-refractivity contribution in [3.05, 3.63) is 42.0 Å². The van der Waals surface area contributed by atoms with Gasteiger partial charge in [0.25, 0.3) is 0 Å². The quantitative estimate of drug-likeness (QED) is 0.767. The second-order valence-electron chi connectivity index (χ2n) is 4.59. The summed E-state index contributed by atoms with van der Waals surface area (Å²) in [5.41, 5.74) is 0.651. The molecule has 1 aromatic heterocycles. The molecule has 5 nitrogen and oxygen atoms in total. The van der Waals surface area contributed by atoms with Crippen molar-refractivity contribution in [3.63, 3.8) is 0 Å². The zero-order valence-corrected chi connectivity index (χ0v) is 12.2. The topological polar surface area (TPSA) is 59.1 Å². The number of aromatic nitrogens is 2. The lowest BCUT2D eigenvalue weighted by Gasteiger charge is -2.10. The van der Waals surface area contributed by atoms with Crippen molar-refractivity contribution in [3.8, 4) is 0 Å². The van der Waals surface area contributed by atoms with E-state index in [2.05, 4.69) is 20.6 Å². The van der Waals surface area contributed by atoms with E-state index in [1.807, 2.05) is 6.92 Å². The second-order valence-corrected chi connectivity index (χ2v) is 4.59. The van der Waals surface area contributed by atoms with Gasteiger partial charge >= 0.3 is 0 Å². The van der Waals surface area contributed by atoms with Crippen molar-refractivity contribution < 1.29 is 9.13 Å². The predicted molar refractivity (Wildman–Crippen MR) is 81.4 cm³/mol. The summed E-state index contributed by atoms with van der Waals surface area (Å²) in [6.45, 7) is 3.28. The fraction of sp³-hybridized carbons (Fsp3) is 0.333. The van der Waals surface area contributed by atoms with Crippen LogP contribution in [0.5, 0.6) is 0 Å². The molecule has 2 aromatic rings. The zero-order valence-electron chi connectivity index (χ0n) is 12.2. The molecule has 0 spiro atoms. The third-order valence-corrected chi connectivity index (χ3v) is 2.77. The molecule has 21 heavy (non-hydrogen) atoms. The minimum atomic E-state index is -0.288. The van der Waals surface area contributed by atoms with E-state index >= 15 is 0 Å². The normalized spacial score (nSPS) is 10.4. The van der Waals surface area contributed by atoms with Gasteiger partial charge in [-0.2, -0.15) is 0 Å². The molecule has 2 N–H and O–H groups in total. The predicted octanol–water partition coefficient (Wildman–Crippen LogP) is 3.12. The summed E-state index contributed by atoms with van der Waals surface area (Å²) < 4.78 is 18.2. The molecule has 0 atom stereocenters. The van der Waals surface area contributed by atoms with Gasteiger partial charge in [-0.1, -0.05) is 6.07 Å². The number of aryl methyl sites for hydroxylation is 1. The Morgan fingerprint density at radius 3 is 2.76 bits per heavy atom. The number of benzene rings is 1. The summed E-state index contributed by atoms with van der Waals surface area (Å²) in [6, 6.07) is 8.05. The van der Waals surface area contributed by atoms with Crippen LogP contribution in [0.15, 0.2) is 30.3 Å². The second kappa shape index (κ2) is 7.54. The van der Waals surface area contributed by atoms with E-state index in [1.165, 1.54) is 12.1 Å². The number of methoxy groups -OCH3 is 1. The zero-order chi connectivity index (χ0) is 15.1. The average Bonchev–Trinajstić information content (AvgIpc) is 2.43. The molecule has 1 heterocycles. The van der Waals surface area contributed by atoms with Crippen LogP contribution in [0.3, 0.4) is 0 Å². The highest BCUT2D eigenvalue weighted by atomic mass is 19.1. The van der Waals surface area contributed by atoms with Crippen molar-refractivity contribution >= 4 is 17.3 Å². The summed E-state index contributed by atoms with van der Waals surface area (Å²) in [7, 11) is 1.68. The van der Waals surface area contributed by atoms with Crippen LogP contribution in [0.1, 0.15) is 12.2 Å². The molecule has 0 saturated carbocycles. The number of ether oxygens (including phenoxy) is 1. The van der Waals surface area contributed by atoms with E-state index in [1.54, 1.807) is 25.3 Å². The van der Waals surface area contributed by atoms with E-state index in [9.17, 15) is 4.39 Å². The van der Waals surface area contributed by atoms with Gasteiger partial charge in [-0.25, -0.2) is 14.4 Å². The Morgan fingerprint density at radius 1 is 1.19 bits per heavy atom. The lowest BCUT2D eigenvalue weighted by Crippen LogP contribution is -2.08. The molecule has 1 aromatic carbocycles. The standard InChI is InChI=1S/C15H19FN4O/c1-11-18-14(17-7-4-8-21-2)10-15(19-11)20-13-6-3-5-12(16)9-13/h3,5-6,9-10H,4,7-8H2,1-2H3,(H2,17,18,19,20). The van der Waals surface area contributed by atoms with Crippen LogP contribution in [0.4, 0.5) is 21.7 Å². The lowest BCUT2D eigenvalue weighted by molar-refractivity contribution is 0.198. The Morgan fingerprint density at radius 2 is 2.00 bits per heavy atom. The highest BCUT2D eigenvalue weighted by Gasteiger charge is 2.03. The van der Waals surface area contributed by atoms with Gasteiger partial charge in [-0.15, -0.1) is 0 Å². The molecule has 0 fully saturated rings. The van der Waals surface area contributed by atoms with Gasteiger partial charge in [0.05, 0.1) is 0 Å². The Labute approximate surface area is 123 Å². The maximum Gasteiger partial charge on any atom is 0.136 e. The first-order valence-electron chi connectivity index (χ1n) is 6.78. The van der Waals surface area contributed by atoms with Crippen LogP contribution in [0, 0.1) is 12.7 Å². The van der Waals surface area contributed by atoms with Gasteiger partial charge in [-0.05, 0) is 31.5 Å². The van der Waals surface area contributed by atoms with Gasteiger partial charge in [-0.3, -0.25) is 0 Å². The van der Waals surface area contributed by atoms with E-state index in [-0.39, 0.29) is 5.82 Å². The third kappa shape index (κ3) is 5.00. The van der Waals surface area contributed by atoms with Crippen LogP contribution in [0.2, 0.25) is 0 Å². The smallest absolute Gasteiger partial charge is 0.136 e. The number of halogens is 1. The number of anilines is 3. The summed E-state index contributed by atoms with van der Waals surface area (Å²) in [6.07, 6.45) is 0.895. The van der Waals surface area contributed by atoms with Gasteiger partial charge in [0.15, 0.2) is 0 Å². The van der Waals surface area contributed by atoms with Crippen molar-refractivity contribution in [1.29, 1.82) is 0 Å². The van der Waals surface area contributed by atoms with E-state index < -0.39 is 0 Å². The number of hydrogen-bond donors (Lipinski definition) is 2. The molecule has 6 heteroatoms. The molecule has 0 radical (unpaired) electrons. The minimum absolute atomic E-state index is 0.288. The maximum absolute atomic E-state index is 13.2. The molecule has 0 aliphatic carbocycles. The van der Waals surface area contributed by atoms with E-state index in [0.29, 0.717) is 23.9 Å². The molecule has 0 aliphatic rings. The van der Waals surface area contributed by atoms with E-state index in [0.717, 1.165) is 18.8 Å². The number of nitrogens with one attached hydrogen (secondary N) is 2. The molecular weight excluding hydrogens is 271 g/mol. The van der Waals surface area contributed by atoms with Gasteiger partial charge in [0, 0.05) is 32.0 Å². The monoisotopic (exact) mass is 290 g/mol.